The molecule has 3 rings (SSSR count). The third-order valence-corrected chi connectivity index (χ3v) is 3.28. The molecule has 6 nitrogen and oxygen atoms in total. The monoisotopic (exact) mass is 269 g/mol. The first-order valence-electron chi connectivity index (χ1n) is 6.41. The minimum Gasteiger partial charge on any atom is -0.358 e. The lowest BCUT2D eigenvalue weighted by molar-refractivity contribution is -0.120. The third-order valence-electron chi connectivity index (χ3n) is 3.28. The van der Waals surface area contributed by atoms with E-state index in [4.69, 9.17) is 0 Å². The number of rotatable bonds is 4. The van der Waals surface area contributed by atoms with E-state index in [1.807, 2.05) is 31.2 Å². The van der Waals surface area contributed by atoms with Crippen molar-refractivity contribution in [3.63, 3.8) is 0 Å². The Bertz CT molecular complexity index is 729. The lowest BCUT2D eigenvalue weighted by atomic mass is 10.1. The zero-order valence-corrected chi connectivity index (χ0v) is 11.1. The number of hydrogen-bond acceptors (Lipinski definition) is 3. The Hall–Kier alpha value is -2.63. The van der Waals surface area contributed by atoms with E-state index in [1.54, 1.807) is 0 Å². The smallest absolute Gasteiger partial charge is 0.224 e. The highest BCUT2D eigenvalue weighted by atomic mass is 16.1. The summed E-state index contributed by atoms with van der Waals surface area (Å²) in [7, 11) is 0. The summed E-state index contributed by atoms with van der Waals surface area (Å²) in [6, 6.07) is 7.99. The second kappa shape index (κ2) is 5.16. The van der Waals surface area contributed by atoms with Gasteiger partial charge in [0.25, 0.3) is 0 Å². The van der Waals surface area contributed by atoms with Gasteiger partial charge in [0.05, 0.1) is 13.0 Å². The first-order chi connectivity index (χ1) is 9.74. The van der Waals surface area contributed by atoms with Crippen LogP contribution < -0.4 is 5.32 Å². The molecule has 3 N–H and O–H groups in total. The highest BCUT2D eigenvalue weighted by Gasteiger charge is 2.12. The molecule has 2 aromatic heterocycles. The van der Waals surface area contributed by atoms with Gasteiger partial charge in [0.1, 0.15) is 12.2 Å². The number of benzene rings is 1. The summed E-state index contributed by atoms with van der Waals surface area (Å²) in [4.78, 5) is 19.3. The predicted octanol–water partition coefficient (Wildman–Crippen LogP) is 1.45. The van der Waals surface area contributed by atoms with Crippen molar-refractivity contribution in [1.29, 1.82) is 0 Å². The number of carbonyl (C=O) groups is 1. The van der Waals surface area contributed by atoms with Gasteiger partial charge in [0.15, 0.2) is 0 Å². The number of aromatic nitrogens is 4. The van der Waals surface area contributed by atoms with Crippen LogP contribution in [-0.2, 0) is 17.8 Å². The number of para-hydroxylation sites is 1. The molecule has 0 radical (unpaired) electrons. The van der Waals surface area contributed by atoms with Gasteiger partial charge in [0.2, 0.25) is 5.91 Å². The molecule has 20 heavy (non-hydrogen) atoms. The summed E-state index contributed by atoms with van der Waals surface area (Å²) < 4.78 is 0. The Balaban J connectivity index is 1.72. The van der Waals surface area contributed by atoms with Gasteiger partial charge in [-0.3, -0.25) is 9.89 Å². The standard InChI is InChI=1S/C14H15N5O/c1-9-11(10-4-2-3-5-12(10)18-9)6-14(20)15-7-13-16-8-17-19-13/h2-5,8,18H,6-7H2,1H3,(H,15,20)(H,16,17,19). The van der Waals surface area contributed by atoms with Gasteiger partial charge >= 0.3 is 0 Å². The molecule has 0 aliphatic rings. The Kier molecular flexibility index (Phi) is 3.20. The SMILES string of the molecule is Cc1[nH]c2ccccc2c1CC(=O)NCc1ncn[nH]1. The van der Waals surface area contributed by atoms with Crippen molar-refractivity contribution in [1.82, 2.24) is 25.5 Å². The van der Waals surface area contributed by atoms with Crippen LogP contribution in [0.2, 0.25) is 0 Å². The van der Waals surface area contributed by atoms with Crippen LogP contribution in [0.1, 0.15) is 17.1 Å². The number of aromatic amines is 2. The number of fused-ring (bicyclic) bond motifs is 1. The van der Waals surface area contributed by atoms with E-state index >= 15 is 0 Å². The number of nitrogens with zero attached hydrogens (tertiary/aromatic N) is 2. The van der Waals surface area contributed by atoms with Crippen LogP contribution in [0.3, 0.4) is 0 Å². The number of amides is 1. The molecule has 0 aliphatic heterocycles. The van der Waals surface area contributed by atoms with Gasteiger partial charge in [-0.2, -0.15) is 5.10 Å². The topological polar surface area (TPSA) is 86.5 Å². The van der Waals surface area contributed by atoms with Crippen molar-refractivity contribution in [2.75, 3.05) is 0 Å². The fourth-order valence-corrected chi connectivity index (χ4v) is 2.28. The van der Waals surface area contributed by atoms with E-state index in [0.29, 0.717) is 18.8 Å². The first kappa shape index (κ1) is 12.4. The van der Waals surface area contributed by atoms with Crippen molar-refractivity contribution in [2.24, 2.45) is 0 Å². The molecule has 0 fully saturated rings. The number of H-pyrrole nitrogens is 2. The minimum absolute atomic E-state index is 0.0331. The van der Waals surface area contributed by atoms with Crippen molar-refractivity contribution in [2.45, 2.75) is 19.9 Å². The lowest BCUT2D eigenvalue weighted by Crippen LogP contribution is -2.25. The number of hydrogen-bond donors (Lipinski definition) is 3. The van der Waals surface area contributed by atoms with Crippen LogP contribution in [-0.4, -0.2) is 26.1 Å². The van der Waals surface area contributed by atoms with Crippen molar-refractivity contribution >= 4 is 16.8 Å². The average molecular weight is 269 g/mol. The highest BCUT2D eigenvalue weighted by molar-refractivity contribution is 5.90. The second-order valence-electron chi connectivity index (χ2n) is 4.66. The maximum atomic E-state index is 12.0. The molecule has 0 aliphatic carbocycles. The second-order valence-corrected chi connectivity index (χ2v) is 4.66. The summed E-state index contributed by atoms with van der Waals surface area (Å²) in [6.07, 6.45) is 1.77. The maximum Gasteiger partial charge on any atom is 0.224 e. The predicted molar refractivity (Wildman–Crippen MR) is 75.0 cm³/mol. The molecular formula is C14H15N5O. The van der Waals surface area contributed by atoms with Gasteiger partial charge in [-0.25, -0.2) is 4.98 Å². The zero-order valence-electron chi connectivity index (χ0n) is 11.1. The van der Waals surface area contributed by atoms with Gasteiger partial charge < -0.3 is 10.3 Å². The Morgan fingerprint density at radius 1 is 1.35 bits per heavy atom. The van der Waals surface area contributed by atoms with Gasteiger partial charge in [-0.1, -0.05) is 18.2 Å². The van der Waals surface area contributed by atoms with Gasteiger partial charge in [-0.15, -0.1) is 0 Å². The molecule has 0 bridgehead atoms. The fourth-order valence-electron chi connectivity index (χ4n) is 2.28. The molecule has 2 heterocycles. The number of carbonyl (C=O) groups excluding carboxylic acids is 1. The Morgan fingerprint density at radius 3 is 3.00 bits per heavy atom. The van der Waals surface area contributed by atoms with E-state index in [1.165, 1.54) is 6.33 Å². The van der Waals surface area contributed by atoms with E-state index in [9.17, 15) is 4.79 Å². The quantitative estimate of drug-likeness (QED) is 0.670. The fraction of sp³-hybridized carbons (Fsp3) is 0.214. The summed E-state index contributed by atoms with van der Waals surface area (Å²) in [5.74, 6) is 0.614. The van der Waals surface area contributed by atoms with Crippen LogP contribution in [0, 0.1) is 6.92 Å². The van der Waals surface area contributed by atoms with Crippen LogP contribution in [0.4, 0.5) is 0 Å². The summed E-state index contributed by atoms with van der Waals surface area (Å²) in [5, 5.41) is 10.4. The summed E-state index contributed by atoms with van der Waals surface area (Å²) >= 11 is 0. The van der Waals surface area contributed by atoms with Crippen LogP contribution >= 0.6 is 0 Å². The summed E-state index contributed by atoms with van der Waals surface area (Å²) in [5.41, 5.74) is 3.12. The van der Waals surface area contributed by atoms with Crippen LogP contribution in [0.25, 0.3) is 10.9 Å². The van der Waals surface area contributed by atoms with Crippen LogP contribution in [0.15, 0.2) is 30.6 Å². The van der Waals surface area contributed by atoms with Gasteiger partial charge in [0, 0.05) is 16.6 Å². The molecular weight excluding hydrogens is 254 g/mol. The van der Waals surface area contributed by atoms with E-state index < -0.39 is 0 Å². The molecule has 3 aromatic rings. The van der Waals surface area contributed by atoms with Crippen molar-refractivity contribution in [3.05, 3.63) is 47.7 Å². The normalized spacial score (nSPS) is 10.8. The first-order valence-corrected chi connectivity index (χ1v) is 6.41. The third kappa shape index (κ3) is 2.40. The van der Waals surface area contributed by atoms with Crippen molar-refractivity contribution in [3.8, 4) is 0 Å². The highest BCUT2D eigenvalue weighted by Crippen LogP contribution is 2.22. The minimum atomic E-state index is -0.0331. The number of aryl methyl sites for hydroxylation is 1. The lowest BCUT2D eigenvalue weighted by Gasteiger charge is -2.03. The molecule has 6 heteroatoms. The molecule has 0 saturated carbocycles. The molecule has 0 spiro atoms. The van der Waals surface area contributed by atoms with Crippen LogP contribution in [0.5, 0.6) is 0 Å². The Labute approximate surface area is 115 Å². The van der Waals surface area contributed by atoms with Crippen molar-refractivity contribution < 1.29 is 4.79 Å². The Morgan fingerprint density at radius 2 is 2.20 bits per heavy atom. The molecule has 0 atom stereocenters. The molecule has 0 saturated heterocycles. The average Bonchev–Trinajstić information content (AvgIpc) is 3.06. The zero-order chi connectivity index (χ0) is 13.9. The van der Waals surface area contributed by atoms with E-state index in [-0.39, 0.29) is 5.91 Å². The molecule has 1 amide bonds. The molecule has 0 unspecified atom stereocenters. The van der Waals surface area contributed by atoms with Gasteiger partial charge in [-0.05, 0) is 18.6 Å². The number of nitrogens with one attached hydrogen (secondary N) is 3. The molecule has 102 valence electrons. The summed E-state index contributed by atoms with van der Waals surface area (Å²) in [6.45, 7) is 2.35. The van der Waals surface area contributed by atoms with E-state index in [0.717, 1.165) is 22.2 Å². The maximum absolute atomic E-state index is 12.0. The largest absolute Gasteiger partial charge is 0.358 e. The molecule has 1 aromatic carbocycles. The van der Waals surface area contributed by atoms with E-state index in [2.05, 4.69) is 25.5 Å².